The molecule has 3 heteroatoms. The second-order valence-corrected chi connectivity index (χ2v) is 7.64. The number of ether oxygens (including phenoxy) is 2. The van der Waals surface area contributed by atoms with E-state index in [4.69, 9.17) is 9.47 Å². The molecule has 1 aromatic carbocycles. The Labute approximate surface area is 134 Å². The van der Waals surface area contributed by atoms with Gasteiger partial charge in [-0.1, -0.05) is 53.7 Å². The lowest BCUT2D eigenvalue weighted by Gasteiger charge is -2.26. The maximum atomic E-state index is 12.1. The molecule has 1 rings (SSSR count). The fourth-order valence-corrected chi connectivity index (χ4v) is 2.08. The third-order valence-electron chi connectivity index (χ3n) is 3.47. The van der Waals surface area contributed by atoms with Gasteiger partial charge in [-0.3, -0.25) is 0 Å². The molecule has 0 bridgehead atoms. The van der Waals surface area contributed by atoms with Crippen LogP contribution in [-0.4, -0.2) is 13.1 Å². The number of benzene rings is 1. The summed E-state index contributed by atoms with van der Waals surface area (Å²) in [6.07, 6.45) is 1.39. The van der Waals surface area contributed by atoms with E-state index in [1.54, 1.807) is 6.92 Å². The summed E-state index contributed by atoms with van der Waals surface area (Å²) in [7, 11) is 1.51. The molecular weight excluding hydrogens is 276 g/mol. The van der Waals surface area contributed by atoms with E-state index >= 15 is 0 Å². The summed E-state index contributed by atoms with van der Waals surface area (Å²) in [5, 5.41) is 0. The average Bonchev–Trinajstić information content (AvgIpc) is 2.36. The highest BCUT2D eigenvalue weighted by atomic mass is 16.5. The Bertz CT molecular complexity index is 569. The smallest absolute Gasteiger partial charge is 0.342 e. The van der Waals surface area contributed by atoms with E-state index < -0.39 is 5.97 Å². The molecule has 0 unspecified atom stereocenters. The van der Waals surface area contributed by atoms with Crippen LogP contribution in [0.2, 0.25) is 0 Å². The van der Waals surface area contributed by atoms with Crippen LogP contribution >= 0.6 is 0 Å². The maximum absolute atomic E-state index is 12.1. The summed E-state index contributed by atoms with van der Waals surface area (Å²) >= 11 is 0. The Morgan fingerprint density at radius 1 is 1.05 bits per heavy atom. The van der Waals surface area contributed by atoms with Crippen LogP contribution in [0, 0.1) is 0 Å². The van der Waals surface area contributed by atoms with E-state index in [2.05, 4.69) is 47.6 Å². The first kappa shape index (κ1) is 18.3. The summed E-state index contributed by atoms with van der Waals surface area (Å²) in [6.45, 7) is 14.5. The van der Waals surface area contributed by atoms with Crippen LogP contribution in [0.5, 0.6) is 5.75 Å². The molecule has 0 saturated carbocycles. The normalized spacial score (nSPS) is 13.0. The summed E-state index contributed by atoms with van der Waals surface area (Å²) in [4.78, 5) is 12.1. The van der Waals surface area contributed by atoms with Crippen molar-refractivity contribution in [3.63, 3.8) is 0 Å². The first-order valence-corrected chi connectivity index (χ1v) is 7.53. The molecule has 0 N–H and O–H groups in total. The van der Waals surface area contributed by atoms with Crippen molar-refractivity contribution >= 4 is 5.97 Å². The van der Waals surface area contributed by atoms with Crippen LogP contribution in [0.25, 0.3) is 0 Å². The van der Waals surface area contributed by atoms with Crippen LogP contribution in [-0.2, 0) is 20.4 Å². The van der Waals surface area contributed by atoms with Gasteiger partial charge in [0.05, 0.1) is 18.9 Å². The van der Waals surface area contributed by atoms with Gasteiger partial charge in [-0.25, -0.2) is 4.79 Å². The largest absolute Gasteiger partial charge is 0.504 e. The lowest BCUT2D eigenvalue weighted by atomic mass is 9.80. The predicted octanol–water partition coefficient (Wildman–Crippen LogP) is 4.74. The van der Waals surface area contributed by atoms with Crippen molar-refractivity contribution in [2.45, 2.75) is 59.3 Å². The van der Waals surface area contributed by atoms with Gasteiger partial charge in [0.25, 0.3) is 0 Å². The van der Waals surface area contributed by atoms with Crippen molar-refractivity contribution in [3.8, 4) is 5.75 Å². The van der Waals surface area contributed by atoms with Gasteiger partial charge < -0.3 is 9.47 Å². The molecule has 0 heterocycles. The Kier molecular flexibility index (Phi) is 5.44. The topological polar surface area (TPSA) is 35.5 Å². The molecule has 0 aromatic heterocycles. The number of carbonyl (C=O) groups excluding carboxylic acids is 1. The molecule has 1 aromatic rings. The highest BCUT2D eigenvalue weighted by Gasteiger charge is 2.24. The van der Waals surface area contributed by atoms with Crippen LogP contribution in [0.3, 0.4) is 0 Å². The van der Waals surface area contributed by atoms with Crippen LogP contribution in [0.4, 0.5) is 0 Å². The van der Waals surface area contributed by atoms with E-state index in [9.17, 15) is 4.79 Å². The van der Waals surface area contributed by atoms with Crippen molar-refractivity contribution < 1.29 is 14.3 Å². The standard InChI is InChI=1S/C19H28O3/c1-13(12-21-8)17(20)22-16-10-9-14(18(2,3)4)11-15(16)19(5,6)7/h9-12H,1-8H3/b13-12+. The van der Waals surface area contributed by atoms with Gasteiger partial charge in [0.1, 0.15) is 5.75 Å². The minimum atomic E-state index is -0.393. The van der Waals surface area contributed by atoms with Gasteiger partial charge in [0.15, 0.2) is 0 Å². The second-order valence-electron chi connectivity index (χ2n) is 7.64. The van der Waals surface area contributed by atoms with Crippen LogP contribution in [0.15, 0.2) is 30.0 Å². The average molecular weight is 304 g/mol. The summed E-state index contributed by atoms with van der Waals surface area (Å²) in [5.41, 5.74) is 2.62. The van der Waals surface area contributed by atoms with Gasteiger partial charge in [-0.2, -0.15) is 0 Å². The predicted molar refractivity (Wildman–Crippen MR) is 90.2 cm³/mol. The highest BCUT2D eigenvalue weighted by Crippen LogP contribution is 2.35. The third-order valence-corrected chi connectivity index (χ3v) is 3.47. The molecule has 0 spiro atoms. The van der Waals surface area contributed by atoms with E-state index in [-0.39, 0.29) is 10.8 Å². The minimum absolute atomic E-state index is 0.0500. The summed E-state index contributed by atoms with van der Waals surface area (Å²) < 4.78 is 10.4. The van der Waals surface area contributed by atoms with Crippen molar-refractivity contribution in [2.75, 3.05) is 7.11 Å². The van der Waals surface area contributed by atoms with Crippen LogP contribution < -0.4 is 4.74 Å². The Morgan fingerprint density at radius 3 is 2.09 bits per heavy atom. The molecular formula is C19H28O3. The fourth-order valence-electron chi connectivity index (χ4n) is 2.08. The number of hydrogen-bond donors (Lipinski definition) is 0. The quantitative estimate of drug-likeness (QED) is 0.350. The molecule has 0 amide bonds. The first-order chi connectivity index (χ1) is 9.96. The molecule has 0 atom stereocenters. The molecule has 0 aliphatic rings. The SMILES string of the molecule is CO/C=C(\C)C(=O)Oc1ccc(C(C)(C)C)cc1C(C)(C)C. The molecule has 3 nitrogen and oxygen atoms in total. The first-order valence-electron chi connectivity index (χ1n) is 7.53. The third kappa shape index (κ3) is 4.62. The highest BCUT2D eigenvalue weighted by molar-refractivity contribution is 5.89. The van der Waals surface area contributed by atoms with Gasteiger partial charge in [0.2, 0.25) is 0 Å². The van der Waals surface area contributed by atoms with E-state index in [1.165, 1.54) is 18.9 Å². The second kappa shape index (κ2) is 6.55. The number of methoxy groups -OCH3 is 1. The molecule has 22 heavy (non-hydrogen) atoms. The maximum Gasteiger partial charge on any atom is 0.342 e. The molecule has 0 saturated heterocycles. The van der Waals surface area contributed by atoms with Crippen molar-refractivity contribution in [2.24, 2.45) is 0 Å². The van der Waals surface area contributed by atoms with Crippen molar-refractivity contribution in [1.29, 1.82) is 0 Å². The zero-order valence-corrected chi connectivity index (χ0v) is 15.0. The van der Waals surface area contributed by atoms with Gasteiger partial charge >= 0.3 is 5.97 Å². The van der Waals surface area contributed by atoms with Gasteiger partial charge in [-0.15, -0.1) is 0 Å². The number of rotatable bonds is 3. The number of carbonyl (C=O) groups is 1. The number of hydrogen-bond acceptors (Lipinski definition) is 3. The Hall–Kier alpha value is -1.77. The van der Waals surface area contributed by atoms with Gasteiger partial charge in [-0.05, 0) is 29.4 Å². The molecule has 0 aliphatic heterocycles. The van der Waals surface area contributed by atoms with Gasteiger partial charge in [0, 0.05) is 5.56 Å². The Balaban J connectivity index is 3.26. The molecule has 0 radical (unpaired) electrons. The summed E-state index contributed by atoms with van der Waals surface area (Å²) in [5.74, 6) is 0.213. The number of esters is 1. The Morgan fingerprint density at radius 2 is 1.64 bits per heavy atom. The van der Waals surface area contributed by atoms with E-state index in [1.807, 2.05) is 12.1 Å². The lowest BCUT2D eigenvalue weighted by molar-refractivity contribution is -0.130. The minimum Gasteiger partial charge on any atom is -0.504 e. The summed E-state index contributed by atoms with van der Waals surface area (Å²) in [6, 6.07) is 6.05. The van der Waals surface area contributed by atoms with E-state index in [0.717, 1.165) is 5.56 Å². The molecule has 0 aliphatic carbocycles. The van der Waals surface area contributed by atoms with Crippen molar-refractivity contribution in [3.05, 3.63) is 41.2 Å². The van der Waals surface area contributed by atoms with Crippen LogP contribution in [0.1, 0.15) is 59.6 Å². The fraction of sp³-hybridized carbons (Fsp3) is 0.526. The van der Waals surface area contributed by atoms with E-state index in [0.29, 0.717) is 11.3 Å². The van der Waals surface area contributed by atoms with Crippen molar-refractivity contribution in [1.82, 2.24) is 0 Å². The zero-order valence-electron chi connectivity index (χ0n) is 15.0. The lowest BCUT2D eigenvalue weighted by Crippen LogP contribution is -2.19. The molecule has 122 valence electrons. The zero-order chi connectivity index (χ0) is 17.1. The monoisotopic (exact) mass is 304 g/mol. The molecule has 0 fully saturated rings.